The molecule has 1 aliphatic carbocycles. The number of rotatable bonds is 1. The van der Waals surface area contributed by atoms with E-state index in [2.05, 4.69) is 23.8 Å². The van der Waals surface area contributed by atoms with Crippen LogP contribution >= 0.6 is 11.6 Å². The Labute approximate surface area is 101 Å². The number of azo groups is 2. The van der Waals surface area contributed by atoms with Crippen molar-refractivity contribution in [3.63, 3.8) is 0 Å². The number of fused-ring (bicyclic) bond motifs is 2. The second-order valence-electron chi connectivity index (χ2n) is 5.17. The van der Waals surface area contributed by atoms with Gasteiger partial charge >= 0.3 is 0 Å². The van der Waals surface area contributed by atoms with Crippen LogP contribution in [0.5, 0.6) is 0 Å². The van der Waals surface area contributed by atoms with Crippen LogP contribution in [0, 0.1) is 0 Å². The summed E-state index contributed by atoms with van der Waals surface area (Å²) in [6.45, 7) is 2.27. The van der Waals surface area contributed by atoms with E-state index in [0.717, 1.165) is 5.02 Å². The average molecular weight is 236 g/mol. The summed E-state index contributed by atoms with van der Waals surface area (Å²) in [6.07, 6.45) is 5.00. The van der Waals surface area contributed by atoms with Crippen molar-refractivity contribution in [3.05, 3.63) is 29.3 Å². The molecule has 0 amide bonds. The Kier molecular flexibility index (Phi) is 2.28. The van der Waals surface area contributed by atoms with Crippen LogP contribution in [0.4, 0.5) is 5.69 Å². The highest BCUT2D eigenvalue weighted by atomic mass is 35.5. The average Bonchev–Trinajstić information content (AvgIpc) is 2.50. The number of benzene rings is 1. The molecule has 2 atom stereocenters. The van der Waals surface area contributed by atoms with Crippen LogP contribution in [0.1, 0.15) is 32.6 Å². The molecule has 1 heterocycles. The summed E-state index contributed by atoms with van der Waals surface area (Å²) in [5, 5.41) is 5.66. The van der Waals surface area contributed by atoms with Crippen LogP contribution in [0.15, 0.2) is 29.4 Å². The Morgan fingerprint density at radius 1 is 1.38 bits per heavy atom. The van der Waals surface area contributed by atoms with E-state index in [1.54, 1.807) is 0 Å². The lowest BCUT2D eigenvalue weighted by atomic mass is 9.83. The molecule has 0 aromatic heterocycles. The fraction of sp³-hybridized carbons (Fsp3) is 0.538. The van der Waals surface area contributed by atoms with Crippen molar-refractivity contribution >= 4 is 17.3 Å². The maximum atomic E-state index is 5.91. The van der Waals surface area contributed by atoms with E-state index in [9.17, 15) is 0 Å². The zero-order valence-corrected chi connectivity index (χ0v) is 10.2. The lowest BCUT2D eigenvalue weighted by molar-refractivity contribution is -0.537. The van der Waals surface area contributed by atoms with Crippen LogP contribution in [-0.4, -0.2) is 16.3 Å². The van der Waals surface area contributed by atoms with E-state index in [1.807, 2.05) is 12.1 Å². The first-order chi connectivity index (χ1) is 7.66. The molecule has 2 nitrogen and oxygen atoms in total. The van der Waals surface area contributed by atoms with Gasteiger partial charge in [-0.05, 0) is 37.0 Å². The normalized spacial score (nSPS) is 32.6. The van der Waals surface area contributed by atoms with E-state index < -0.39 is 0 Å². The molecule has 0 radical (unpaired) electrons. The van der Waals surface area contributed by atoms with Gasteiger partial charge in [-0.15, -0.1) is 0 Å². The Morgan fingerprint density at radius 3 is 2.81 bits per heavy atom. The summed E-state index contributed by atoms with van der Waals surface area (Å²) in [4.78, 5) is 0. The van der Waals surface area contributed by atoms with E-state index in [1.165, 1.54) is 31.4 Å². The summed E-state index contributed by atoms with van der Waals surface area (Å²) in [5.74, 6) is 0. The number of nitrogens with zero attached hydrogens (tertiary/aromatic N) is 2. The first-order valence-corrected chi connectivity index (χ1v) is 6.32. The van der Waals surface area contributed by atoms with Crippen LogP contribution in [0.25, 0.3) is 0 Å². The van der Waals surface area contributed by atoms with Crippen LogP contribution in [-0.2, 0) is 0 Å². The zero-order chi connectivity index (χ0) is 11.2. The predicted molar refractivity (Wildman–Crippen MR) is 64.5 cm³/mol. The lowest BCUT2D eigenvalue weighted by Gasteiger charge is -2.20. The van der Waals surface area contributed by atoms with Gasteiger partial charge in [-0.3, -0.25) is 0 Å². The van der Waals surface area contributed by atoms with Gasteiger partial charge in [0.1, 0.15) is 5.54 Å². The second-order valence-corrected chi connectivity index (χ2v) is 5.60. The minimum absolute atomic E-state index is 0.183. The molecule has 0 saturated heterocycles. The molecule has 3 heteroatoms. The third kappa shape index (κ3) is 1.65. The molecule has 3 rings (SSSR count). The zero-order valence-electron chi connectivity index (χ0n) is 9.49. The molecule has 1 saturated carbocycles. The standard InChI is InChI=1S/C13H16ClN2/c1-13-8-2-3-12(9-13)16(15-13)11-6-4-10(14)5-7-11/h4-7,12H,2-3,8-9H2,1H3/q+1/t12-,13+/m1/s1. The minimum Gasteiger partial charge on any atom is -0.0858 e. The largest absolute Gasteiger partial charge is 0.231 e. The van der Waals surface area contributed by atoms with Crippen molar-refractivity contribution in [1.29, 1.82) is 0 Å². The lowest BCUT2D eigenvalue weighted by Crippen LogP contribution is -2.27. The Morgan fingerprint density at radius 2 is 2.12 bits per heavy atom. The SMILES string of the molecule is C[C@]12CCC[C@H](C1)[N+](c1ccc(Cl)cc1)=N2. The van der Waals surface area contributed by atoms with Crippen molar-refractivity contribution in [2.24, 2.45) is 5.11 Å². The van der Waals surface area contributed by atoms with E-state index in [4.69, 9.17) is 16.7 Å². The molecule has 16 heavy (non-hydrogen) atoms. The quantitative estimate of drug-likeness (QED) is 0.650. The Balaban J connectivity index is 1.98. The highest BCUT2D eigenvalue weighted by Crippen LogP contribution is 2.41. The summed E-state index contributed by atoms with van der Waals surface area (Å²) >= 11 is 5.91. The highest BCUT2D eigenvalue weighted by molar-refractivity contribution is 6.30. The van der Waals surface area contributed by atoms with Crippen molar-refractivity contribution in [2.45, 2.75) is 44.2 Å². The maximum Gasteiger partial charge on any atom is 0.231 e. The Bertz CT molecular complexity index is 438. The van der Waals surface area contributed by atoms with Gasteiger partial charge < -0.3 is 0 Å². The molecule has 1 aliphatic heterocycles. The van der Waals surface area contributed by atoms with Crippen molar-refractivity contribution in [2.75, 3.05) is 0 Å². The van der Waals surface area contributed by atoms with Crippen LogP contribution < -0.4 is 0 Å². The van der Waals surface area contributed by atoms with Gasteiger partial charge in [-0.25, -0.2) is 0 Å². The fourth-order valence-corrected chi connectivity index (χ4v) is 3.06. The summed E-state index contributed by atoms with van der Waals surface area (Å²) in [7, 11) is 0. The third-order valence-corrected chi connectivity index (χ3v) is 3.97. The van der Waals surface area contributed by atoms with Gasteiger partial charge in [0.05, 0.1) is 0 Å². The van der Waals surface area contributed by atoms with Crippen molar-refractivity contribution in [3.8, 4) is 0 Å². The number of hydrogen-bond donors (Lipinski definition) is 0. The van der Waals surface area contributed by atoms with Crippen LogP contribution in [0.3, 0.4) is 0 Å². The van der Waals surface area contributed by atoms with E-state index >= 15 is 0 Å². The fourth-order valence-electron chi connectivity index (χ4n) is 2.93. The molecule has 0 spiro atoms. The number of hydrogen-bond acceptors (Lipinski definition) is 1. The van der Waals surface area contributed by atoms with Gasteiger partial charge in [-0.1, -0.05) is 16.3 Å². The first-order valence-electron chi connectivity index (χ1n) is 5.94. The van der Waals surface area contributed by atoms with Crippen molar-refractivity contribution < 1.29 is 4.70 Å². The molecule has 2 aliphatic rings. The molecule has 2 bridgehead atoms. The predicted octanol–water partition coefficient (Wildman–Crippen LogP) is 4.15. The smallest absolute Gasteiger partial charge is 0.0858 e. The third-order valence-electron chi connectivity index (χ3n) is 3.71. The molecular formula is C13H16ClN2+. The first kappa shape index (κ1) is 10.3. The molecule has 1 fully saturated rings. The van der Waals surface area contributed by atoms with Gasteiger partial charge in [-0.2, -0.15) is 0 Å². The molecule has 0 N–H and O–H groups in total. The summed E-state index contributed by atoms with van der Waals surface area (Å²) in [5.41, 5.74) is 1.36. The van der Waals surface area contributed by atoms with Crippen molar-refractivity contribution in [1.82, 2.24) is 0 Å². The van der Waals surface area contributed by atoms with Gasteiger partial charge in [0, 0.05) is 30.0 Å². The molecule has 0 unspecified atom stereocenters. The van der Waals surface area contributed by atoms with Gasteiger partial charge in [0.15, 0.2) is 6.04 Å². The maximum absolute atomic E-state index is 5.91. The monoisotopic (exact) mass is 235 g/mol. The Hall–Kier alpha value is -0.890. The summed E-state index contributed by atoms with van der Waals surface area (Å²) < 4.78 is 2.21. The van der Waals surface area contributed by atoms with Gasteiger partial charge in [0.2, 0.25) is 5.69 Å². The van der Waals surface area contributed by atoms with E-state index in [0.29, 0.717) is 6.04 Å². The molecular weight excluding hydrogens is 220 g/mol. The number of halogens is 1. The van der Waals surface area contributed by atoms with Crippen LogP contribution in [0.2, 0.25) is 5.02 Å². The minimum atomic E-state index is 0.183. The molecule has 1 aromatic rings. The molecule has 84 valence electrons. The molecule has 1 aromatic carbocycles. The topological polar surface area (TPSA) is 15.4 Å². The van der Waals surface area contributed by atoms with Gasteiger partial charge in [0.25, 0.3) is 0 Å². The second kappa shape index (κ2) is 3.56. The highest BCUT2D eigenvalue weighted by Gasteiger charge is 2.47. The van der Waals surface area contributed by atoms with E-state index in [-0.39, 0.29) is 5.54 Å². The summed E-state index contributed by atoms with van der Waals surface area (Å²) in [6, 6.07) is 8.61.